The number of para-hydroxylation sites is 1. The molecule has 0 aliphatic rings. The predicted molar refractivity (Wildman–Crippen MR) is 59.7 cm³/mol. The summed E-state index contributed by atoms with van der Waals surface area (Å²) in [5.74, 6) is 0.900. The standard InChI is InChI=1S/C11H14ClNO/c1-13-9-10-5-2-3-6-11(10)14-8-4-7-12/h2-7,13H,8-9H2,1H3/b7-4+. The van der Waals surface area contributed by atoms with Gasteiger partial charge in [-0.25, -0.2) is 0 Å². The van der Waals surface area contributed by atoms with Crippen LogP contribution in [0.15, 0.2) is 35.9 Å². The van der Waals surface area contributed by atoms with Crippen LogP contribution in [-0.2, 0) is 6.54 Å². The zero-order valence-corrected chi connectivity index (χ0v) is 8.92. The molecule has 14 heavy (non-hydrogen) atoms. The minimum absolute atomic E-state index is 0.504. The Balaban J connectivity index is 2.63. The van der Waals surface area contributed by atoms with Gasteiger partial charge in [0.15, 0.2) is 0 Å². The van der Waals surface area contributed by atoms with Crippen molar-refractivity contribution in [3.05, 3.63) is 41.4 Å². The molecule has 0 aromatic heterocycles. The van der Waals surface area contributed by atoms with Crippen molar-refractivity contribution < 1.29 is 4.74 Å². The van der Waals surface area contributed by atoms with E-state index in [1.807, 2.05) is 31.3 Å². The van der Waals surface area contributed by atoms with Gasteiger partial charge in [-0.3, -0.25) is 0 Å². The van der Waals surface area contributed by atoms with Crippen molar-refractivity contribution in [3.63, 3.8) is 0 Å². The number of rotatable bonds is 5. The highest BCUT2D eigenvalue weighted by Crippen LogP contribution is 2.17. The molecule has 1 rings (SSSR count). The van der Waals surface area contributed by atoms with Gasteiger partial charge in [-0.05, 0) is 19.2 Å². The van der Waals surface area contributed by atoms with Gasteiger partial charge >= 0.3 is 0 Å². The van der Waals surface area contributed by atoms with Crippen molar-refractivity contribution >= 4 is 11.6 Å². The van der Waals surface area contributed by atoms with E-state index < -0.39 is 0 Å². The molecule has 2 nitrogen and oxygen atoms in total. The van der Waals surface area contributed by atoms with Gasteiger partial charge < -0.3 is 10.1 Å². The Morgan fingerprint density at radius 2 is 2.21 bits per heavy atom. The van der Waals surface area contributed by atoms with Gasteiger partial charge in [0.05, 0.1) is 0 Å². The number of hydrogen-bond acceptors (Lipinski definition) is 2. The van der Waals surface area contributed by atoms with Crippen LogP contribution >= 0.6 is 11.6 Å². The Labute approximate surface area is 89.5 Å². The van der Waals surface area contributed by atoms with Gasteiger partial charge in [-0.2, -0.15) is 0 Å². The van der Waals surface area contributed by atoms with E-state index in [2.05, 4.69) is 5.32 Å². The Morgan fingerprint density at radius 1 is 1.43 bits per heavy atom. The average Bonchev–Trinajstić information content (AvgIpc) is 2.21. The van der Waals surface area contributed by atoms with E-state index >= 15 is 0 Å². The van der Waals surface area contributed by atoms with Gasteiger partial charge in [0.2, 0.25) is 0 Å². The van der Waals surface area contributed by atoms with Crippen LogP contribution in [0.5, 0.6) is 5.75 Å². The molecular weight excluding hydrogens is 198 g/mol. The highest BCUT2D eigenvalue weighted by Gasteiger charge is 1.99. The zero-order chi connectivity index (χ0) is 10.2. The molecule has 1 N–H and O–H groups in total. The fourth-order valence-corrected chi connectivity index (χ4v) is 1.23. The fourth-order valence-electron chi connectivity index (χ4n) is 1.16. The lowest BCUT2D eigenvalue weighted by Crippen LogP contribution is -2.07. The first-order chi connectivity index (χ1) is 6.88. The van der Waals surface area contributed by atoms with Crippen LogP contribution in [0, 0.1) is 0 Å². The Kier molecular flexibility index (Phi) is 5.12. The van der Waals surface area contributed by atoms with Crippen molar-refractivity contribution in [1.82, 2.24) is 5.32 Å². The summed E-state index contributed by atoms with van der Waals surface area (Å²) < 4.78 is 5.52. The molecule has 0 heterocycles. The van der Waals surface area contributed by atoms with E-state index in [9.17, 15) is 0 Å². The summed E-state index contributed by atoms with van der Waals surface area (Å²) in [4.78, 5) is 0. The van der Waals surface area contributed by atoms with Crippen molar-refractivity contribution in [2.24, 2.45) is 0 Å². The van der Waals surface area contributed by atoms with Crippen molar-refractivity contribution in [2.75, 3.05) is 13.7 Å². The first kappa shape index (κ1) is 11.1. The summed E-state index contributed by atoms with van der Waals surface area (Å²) >= 11 is 5.40. The van der Waals surface area contributed by atoms with Crippen LogP contribution in [0.25, 0.3) is 0 Å². The molecule has 76 valence electrons. The molecular formula is C11H14ClNO. The van der Waals surface area contributed by atoms with E-state index in [4.69, 9.17) is 16.3 Å². The lowest BCUT2D eigenvalue weighted by Gasteiger charge is -2.08. The number of hydrogen-bond donors (Lipinski definition) is 1. The van der Waals surface area contributed by atoms with Gasteiger partial charge in [-0.1, -0.05) is 29.8 Å². The van der Waals surface area contributed by atoms with Crippen LogP contribution in [0.4, 0.5) is 0 Å². The first-order valence-corrected chi connectivity index (χ1v) is 4.92. The van der Waals surface area contributed by atoms with Crippen LogP contribution in [0.3, 0.4) is 0 Å². The Hall–Kier alpha value is -0.990. The summed E-state index contributed by atoms with van der Waals surface area (Å²) in [5, 5.41) is 3.09. The number of nitrogens with one attached hydrogen (secondary N) is 1. The van der Waals surface area contributed by atoms with Crippen molar-refractivity contribution in [2.45, 2.75) is 6.54 Å². The quantitative estimate of drug-likeness (QED) is 0.808. The maximum absolute atomic E-state index is 5.52. The third-order valence-electron chi connectivity index (χ3n) is 1.76. The smallest absolute Gasteiger partial charge is 0.124 e. The second-order valence-corrected chi connectivity index (χ2v) is 3.06. The van der Waals surface area contributed by atoms with Gasteiger partial charge in [-0.15, -0.1) is 0 Å². The van der Waals surface area contributed by atoms with Crippen LogP contribution in [0.2, 0.25) is 0 Å². The maximum Gasteiger partial charge on any atom is 0.124 e. The SMILES string of the molecule is CNCc1ccccc1OC/C=C/Cl. The molecule has 0 spiro atoms. The number of ether oxygens (including phenoxy) is 1. The molecule has 0 bridgehead atoms. The summed E-state index contributed by atoms with van der Waals surface area (Å²) in [5.41, 5.74) is 2.61. The van der Waals surface area contributed by atoms with E-state index in [1.54, 1.807) is 6.08 Å². The monoisotopic (exact) mass is 211 g/mol. The summed E-state index contributed by atoms with van der Waals surface area (Å²) in [7, 11) is 1.91. The lowest BCUT2D eigenvalue weighted by molar-refractivity contribution is 0.358. The minimum Gasteiger partial charge on any atom is -0.489 e. The van der Waals surface area contributed by atoms with E-state index in [0.29, 0.717) is 6.61 Å². The largest absolute Gasteiger partial charge is 0.489 e. The molecule has 0 amide bonds. The van der Waals surface area contributed by atoms with Crippen LogP contribution in [0.1, 0.15) is 5.56 Å². The molecule has 0 unspecified atom stereocenters. The second kappa shape index (κ2) is 6.46. The predicted octanol–water partition coefficient (Wildman–Crippen LogP) is 2.54. The maximum atomic E-state index is 5.52. The van der Waals surface area contributed by atoms with E-state index in [0.717, 1.165) is 17.9 Å². The Bertz CT molecular complexity index is 299. The normalized spacial score (nSPS) is 10.7. The van der Waals surface area contributed by atoms with Crippen LogP contribution < -0.4 is 10.1 Å². The highest BCUT2D eigenvalue weighted by molar-refractivity contribution is 6.25. The molecule has 1 aromatic rings. The first-order valence-electron chi connectivity index (χ1n) is 4.49. The fraction of sp³-hybridized carbons (Fsp3) is 0.273. The van der Waals surface area contributed by atoms with Gasteiger partial charge in [0, 0.05) is 17.6 Å². The molecule has 1 aromatic carbocycles. The highest BCUT2D eigenvalue weighted by atomic mass is 35.5. The molecule has 0 fully saturated rings. The van der Waals surface area contributed by atoms with Crippen LogP contribution in [-0.4, -0.2) is 13.7 Å². The number of halogens is 1. The molecule has 0 radical (unpaired) electrons. The third-order valence-corrected chi connectivity index (χ3v) is 1.94. The molecule has 3 heteroatoms. The van der Waals surface area contributed by atoms with Gasteiger partial charge in [0.1, 0.15) is 12.4 Å². The third kappa shape index (κ3) is 3.40. The topological polar surface area (TPSA) is 21.3 Å². The summed E-state index contributed by atoms with van der Waals surface area (Å²) in [6, 6.07) is 7.95. The summed E-state index contributed by atoms with van der Waals surface area (Å²) in [6.07, 6.45) is 1.76. The number of benzene rings is 1. The van der Waals surface area contributed by atoms with Crippen molar-refractivity contribution in [3.8, 4) is 5.75 Å². The summed E-state index contributed by atoms with van der Waals surface area (Å²) in [6.45, 7) is 1.31. The zero-order valence-electron chi connectivity index (χ0n) is 8.16. The van der Waals surface area contributed by atoms with E-state index in [-0.39, 0.29) is 0 Å². The van der Waals surface area contributed by atoms with Crippen molar-refractivity contribution in [1.29, 1.82) is 0 Å². The minimum atomic E-state index is 0.504. The molecule has 0 atom stereocenters. The molecule has 0 saturated carbocycles. The van der Waals surface area contributed by atoms with E-state index in [1.165, 1.54) is 5.54 Å². The molecule has 0 aliphatic carbocycles. The molecule has 0 aliphatic heterocycles. The lowest BCUT2D eigenvalue weighted by atomic mass is 10.2. The Morgan fingerprint density at radius 3 is 2.93 bits per heavy atom. The average molecular weight is 212 g/mol. The van der Waals surface area contributed by atoms with Gasteiger partial charge in [0.25, 0.3) is 0 Å². The second-order valence-electron chi connectivity index (χ2n) is 2.81. The molecule has 0 saturated heterocycles.